The minimum absolute atomic E-state index is 0.105. The van der Waals surface area contributed by atoms with E-state index >= 15 is 0 Å². The second kappa shape index (κ2) is 7.13. The smallest absolute Gasteiger partial charge is 0.260 e. The van der Waals surface area contributed by atoms with Crippen molar-refractivity contribution in [1.82, 2.24) is 14.8 Å². The van der Waals surface area contributed by atoms with Crippen molar-refractivity contribution in [2.75, 3.05) is 0 Å². The van der Waals surface area contributed by atoms with E-state index in [0.717, 1.165) is 16.3 Å². The molecule has 3 heterocycles. The highest BCUT2D eigenvalue weighted by molar-refractivity contribution is 7.80. The maximum Gasteiger partial charge on any atom is 0.260 e. The lowest BCUT2D eigenvalue weighted by molar-refractivity contribution is 0.0820. The topological polar surface area (TPSA) is 37.3 Å². The van der Waals surface area contributed by atoms with Crippen molar-refractivity contribution in [1.29, 1.82) is 0 Å². The van der Waals surface area contributed by atoms with Crippen molar-refractivity contribution in [3.63, 3.8) is 0 Å². The van der Waals surface area contributed by atoms with Gasteiger partial charge in [0.05, 0.1) is 17.4 Å². The predicted molar refractivity (Wildman–Crippen MR) is 114 cm³/mol. The number of hydrogen-bond donors (Lipinski definition) is 1. The van der Waals surface area contributed by atoms with E-state index in [-0.39, 0.29) is 11.9 Å². The Morgan fingerprint density at radius 3 is 2.52 bits per heavy atom. The van der Waals surface area contributed by atoms with Crippen LogP contribution in [0.1, 0.15) is 31.8 Å². The molecule has 1 aliphatic rings. The summed E-state index contributed by atoms with van der Waals surface area (Å²) in [7, 11) is 1.99. The van der Waals surface area contributed by atoms with E-state index in [1.807, 2.05) is 60.3 Å². The first-order chi connectivity index (χ1) is 13.0. The maximum absolute atomic E-state index is 13.2. The molecular formula is C21H19N3OS2. The Morgan fingerprint density at radius 2 is 1.89 bits per heavy atom. The van der Waals surface area contributed by atoms with Crippen LogP contribution in [-0.2, 0) is 7.05 Å². The highest BCUT2D eigenvalue weighted by atomic mass is 32.1. The number of nitrogens with zero attached hydrogens (tertiary/aromatic N) is 2. The van der Waals surface area contributed by atoms with Gasteiger partial charge in [0.15, 0.2) is 5.11 Å². The number of aromatic nitrogens is 1. The molecule has 2 aromatic heterocycles. The van der Waals surface area contributed by atoms with E-state index in [1.54, 1.807) is 16.2 Å². The van der Waals surface area contributed by atoms with Gasteiger partial charge in [0.25, 0.3) is 5.91 Å². The van der Waals surface area contributed by atoms with Gasteiger partial charge in [-0.15, -0.1) is 11.3 Å². The number of carbonyl (C=O) groups excluding carboxylic acids is 1. The van der Waals surface area contributed by atoms with Crippen molar-refractivity contribution in [3.05, 3.63) is 87.9 Å². The number of rotatable bonds is 3. The Balaban J connectivity index is 1.80. The zero-order valence-electron chi connectivity index (χ0n) is 15.0. The van der Waals surface area contributed by atoms with Gasteiger partial charge in [0.2, 0.25) is 0 Å². The molecule has 136 valence electrons. The fraction of sp³-hybridized carbons (Fsp3) is 0.143. The first-order valence-corrected chi connectivity index (χ1v) is 9.86. The molecule has 1 amide bonds. The Morgan fingerprint density at radius 1 is 1.11 bits per heavy atom. The number of benzene rings is 1. The van der Waals surface area contributed by atoms with Gasteiger partial charge in [-0.25, -0.2) is 0 Å². The number of amides is 1. The van der Waals surface area contributed by atoms with Gasteiger partial charge in [-0.3, -0.25) is 9.69 Å². The molecule has 0 spiro atoms. The third-order valence-electron chi connectivity index (χ3n) is 4.58. The summed E-state index contributed by atoms with van der Waals surface area (Å²) in [6.07, 6.45) is 4.07. The molecular weight excluding hydrogens is 374 g/mol. The van der Waals surface area contributed by atoms with Crippen LogP contribution < -0.4 is 5.32 Å². The van der Waals surface area contributed by atoms with Gasteiger partial charge >= 0.3 is 0 Å². The lowest BCUT2D eigenvalue weighted by Gasteiger charge is -2.35. The average molecular weight is 394 g/mol. The fourth-order valence-electron chi connectivity index (χ4n) is 3.23. The highest BCUT2D eigenvalue weighted by Gasteiger charge is 2.33. The Bertz CT molecular complexity index is 1030. The predicted octanol–water partition coefficient (Wildman–Crippen LogP) is 4.51. The van der Waals surface area contributed by atoms with Gasteiger partial charge in [-0.05, 0) is 61.6 Å². The molecule has 1 N–H and O–H groups in total. The summed E-state index contributed by atoms with van der Waals surface area (Å²) in [5.74, 6) is -0.105. The quantitative estimate of drug-likeness (QED) is 0.666. The Kier molecular flexibility index (Phi) is 4.68. The number of aryl methyl sites for hydroxylation is 2. The number of carbonyl (C=O) groups is 1. The molecule has 6 heteroatoms. The lowest BCUT2D eigenvalue weighted by atomic mass is 10.1. The molecule has 27 heavy (non-hydrogen) atoms. The van der Waals surface area contributed by atoms with Crippen molar-refractivity contribution < 1.29 is 4.79 Å². The third kappa shape index (κ3) is 3.34. The molecule has 4 nitrogen and oxygen atoms in total. The summed E-state index contributed by atoms with van der Waals surface area (Å²) in [6, 6.07) is 17.2. The molecule has 0 saturated heterocycles. The fourth-order valence-corrected chi connectivity index (χ4v) is 4.47. The summed E-state index contributed by atoms with van der Waals surface area (Å²) in [5.41, 5.74) is 2.57. The molecule has 3 aromatic rings. The SMILES string of the molecule is Cc1ccc(C2C=C(c3cccn3C)NC(=S)N2C(=O)c2ccccc2)s1. The minimum Gasteiger partial charge on any atom is -0.349 e. The van der Waals surface area contributed by atoms with E-state index in [4.69, 9.17) is 12.2 Å². The Hall–Kier alpha value is -2.70. The van der Waals surface area contributed by atoms with Gasteiger partial charge in [0, 0.05) is 28.6 Å². The van der Waals surface area contributed by atoms with Crippen molar-refractivity contribution >= 4 is 40.3 Å². The normalized spacial score (nSPS) is 16.8. The van der Waals surface area contributed by atoms with Gasteiger partial charge in [-0.1, -0.05) is 18.2 Å². The van der Waals surface area contributed by atoms with Crippen LogP contribution >= 0.6 is 23.6 Å². The van der Waals surface area contributed by atoms with Crippen LogP contribution in [0.3, 0.4) is 0 Å². The summed E-state index contributed by atoms with van der Waals surface area (Å²) in [5, 5.41) is 3.66. The molecule has 1 aliphatic heterocycles. The standard InChI is InChI=1S/C21H19N3OS2/c1-14-10-11-19(27-14)18-13-16(17-9-6-12-23(17)2)22-21(26)24(18)20(25)15-7-4-3-5-8-15/h3-13,18H,1-2H3,(H,22,26). The van der Waals surface area contributed by atoms with E-state index in [1.165, 1.54) is 4.88 Å². The molecule has 1 atom stereocenters. The second-order valence-electron chi connectivity index (χ2n) is 6.45. The number of hydrogen-bond acceptors (Lipinski definition) is 3. The minimum atomic E-state index is -0.241. The monoisotopic (exact) mass is 393 g/mol. The summed E-state index contributed by atoms with van der Waals surface area (Å²) < 4.78 is 2.03. The zero-order chi connectivity index (χ0) is 19.0. The average Bonchev–Trinajstić information content (AvgIpc) is 3.29. The van der Waals surface area contributed by atoms with E-state index < -0.39 is 0 Å². The van der Waals surface area contributed by atoms with Crippen LogP contribution in [0.2, 0.25) is 0 Å². The highest BCUT2D eigenvalue weighted by Crippen LogP contribution is 2.35. The molecule has 0 saturated carbocycles. The van der Waals surface area contributed by atoms with Gasteiger partial charge in [0.1, 0.15) is 0 Å². The van der Waals surface area contributed by atoms with E-state index in [0.29, 0.717) is 10.7 Å². The molecule has 1 unspecified atom stereocenters. The summed E-state index contributed by atoms with van der Waals surface area (Å²) in [6.45, 7) is 2.07. The zero-order valence-corrected chi connectivity index (χ0v) is 16.7. The van der Waals surface area contributed by atoms with E-state index in [2.05, 4.69) is 30.4 Å². The molecule has 0 fully saturated rings. The Labute approximate surface area is 167 Å². The molecule has 0 aliphatic carbocycles. The first-order valence-electron chi connectivity index (χ1n) is 8.64. The number of thiocarbonyl (C=S) groups is 1. The summed E-state index contributed by atoms with van der Waals surface area (Å²) in [4.78, 5) is 17.2. The number of thiophene rings is 1. The van der Waals surface area contributed by atoms with Crippen LogP contribution in [0.25, 0.3) is 5.70 Å². The van der Waals surface area contributed by atoms with Gasteiger partial charge in [-0.2, -0.15) is 0 Å². The van der Waals surface area contributed by atoms with E-state index in [9.17, 15) is 4.79 Å². The largest absolute Gasteiger partial charge is 0.349 e. The van der Waals surface area contributed by atoms with Crippen LogP contribution in [-0.4, -0.2) is 20.5 Å². The third-order valence-corrected chi connectivity index (χ3v) is 5.95. The van der Waals surface area contributed by atoms with Crippen molar-refractivity contribution in [3.8, 4) is 0 Å². The maximum atomic E-state index is 13.2. The lowest BCUT2D eigenvalue weighted by Crippen LogP contribution is -2.47. The molecule has 4 rings (SSSR count). The van der Waals surface area contributed by atoms with Crippen molar-refractivity contribution in [2.45, 2.75) is 13.0 Å². The first kappa shape index (κ1) is 17.7. The summed E-state index contributed by atoms with van der Waals surface area (Å²) >= 11 is 7.31. The van der Waals surface area contributed by atoms with Gasteiger partial charge < -0.3 is 9.88 Å². The molecule has 0 bridgehead atoms. The second-order valence-corrected chi connectivity index (χ2v) is 8.16. The van der Waals surface area contributed by atoms with Crippen LogP contribution in [0, 0.1) is 6.92 Å². The number of nitrogens with one attached hydrogen (secondary N) is 1. The van der Waals surface area contributed by atoms with Crippen LogP contribution in [0.5, 0.6) is 0 Å². The molecule has 0 radical (unpaired) electrons. The van der Waals surface area contributed by atoms with Crippen LogP contribution in [0.4, 0.5) is 0 Å². The molecule has 1 aromatic carbocycles. The van der Waals surface area contributed by atoms with Crippen LogP contribution in [0.15, 0.2) is 66.9 Å². The van der Waals surface area contributed by atoms with Crippen molar-refractivity contribution in [2.24, 2.45) is 7.05 Å².